The lowest BCUT2D eigenvalue weighted by molar-refractivity contribution is 0.546. The molecule has 2 radical (unpaired) electrons. The van der Waals surface area contributed by atoms with E-state index in [1.165, 1.54) is 6.42 Å². The zero-order valence-corrected chi connectivity index (χ0v) is 2.37. The number of rotatable bonds is 1. The molecule has 0 heterocycles. The van der Waals surface area contributed by atoms with Crippen LogP contribution in [-0.4, -0.2) is 6.67 Å². The fourth-order valence-corrected chi connectivity index (χ4v) is 0. The third-order valence-corrected chi connectivity index (χ3v) is 0.109. The summed E-state index contributed by atoms with van der Waals surface area (Å²) in [5.41, 5.74) is 0. The molecule has 0 amide bonds. The lowest BCUT2D eigenvalue weighted by Gasteiger charge is -1.63. The highest BCUT2D eigenvalue weighted by atomic mass is 19.1. The van der Waals surface area contributed by atoms with Crippen LogP contribution in [0.25, 0.3) is 0 Å². The Bertz CT molecular complexity index is 5.25. The van der Waals surface area contributed by atoms with Gasteiger partial charge in [0.2, 0.25) is 0 Å². The number of halogens is 1. The zero-order valence-electron chi connectivity index (χ0n) is 2.37. The van der Waals surface area contributed by atoms with Crippen LogP contribution in [0.3, 0.4) is 0 Å². The summed E-state index contributed by atoms with van der Waals surface area (Å²) in [6.45, 7) is 2.69. The van der Waals surface area contributed by atoms with Crippen molar-refractivity contribution in [3.05, 3.63) is 13.3 Å². The Balaban J connectivity index is 1.97. The molecule has 0 aliphatic heterocycles. The second-order valence-electron chi connectivity index (χ2n) is 0.443. The van der Waals surface area contributed by atoms with Crippen molar-refractivity contribution < 1.29 is 4.39 Å². The average Bonchev–Trinajstić information content (AvgIpc) is 1.37. The van der Waals surface area contributed by atoms with Gasteiger partial charge in [-0.3, -0.25) is 4.39 Å². The van der Waals surface area contributed by atoms with Crippen molar-refractivity contribution in [3.8, 4) is 0 Å². The summed E-state index contributed by atoms with van der Waals surface area (Å²) in [4.78, 5) is 0. The van der Waals surface area contributed by atoms with Gasteiger partial charge in [-0.2, -0.15) is 0 Å². The molecule has 4 heavy (non-hydrogen) atoms. The highest BCUT2D eigenvalue weighted by Crippen LogP contribution is 1.66. The fraction of sp³-hybridized carbons (Fsp3) is 0.333. The summed E-state index contributed by atoms with van der Waals surface area (Å²) in [5.74, 6) is 0. The van der Waals surface area contributed by atoms with Crippen LogP contribution in [0.15, 0.2) is 0 Å². The van der Waals surface area contributed by atoms with E-state index < -0.39 is 6.67 Å². The summed E-state index contributed by atoms with van der Waals surface area (Å²) < 4.78 is 10.6. The van der Waals surface area contributed by atoms with E-state index in [0.29, 0.717) is 0 Å². The standard InChI is InChI=1S/C3H5F/c1-2-3-4/h2H,1,3H2. The van der Waals surface area contributed by atoms with E-state index >= 15 is 0 Å². The van der Waals surface area contributed by atoms with E-state index in [0.717, 1.165) is 0 Å². The maximum absolute atomic E-state index is 10.6. The van der Waals surface area contributed by atoms with Gasteiger partial charge in [0.1, 0.15) is 0 Å². The van der Waals surface area contributed by atoms with E-state index in [9.17, 15) is 4.39 Å². The SMILES string of the molecule is [CH2][CH]CF. The molecule has 1 heteroatoms. The van der Waals surface area contributed by atoms with Gasteiger partial charge >= 0.3 is 0 Å². The van der Waals surface area contributed by atoms with Crippen molar-refractivity contribution >= 4 is 0 Å². The van der Waals surface area contributed by atoms with E-state index in [-0.39, 0.29) is 0 Å². The first kappa shape index (κ1) is 3.93. The van der Waals surface area contributed by atoms with E-state index in [2.05, 4.69) is 6.92 Å². The van der Waals surface area contributed by atoms with Gasteiger partial charge in [0, 0.05) is 0 Å². The molecule has 0 fully saturated rings. The molecule has 0 unspecified atom stereocenters. The predicted octanol–water partition coefficient (Wildman–Crippen LogP) is 0.994. The Kier molecular flexibility index (Phi) is 2.88. The van der Waals surface area contributed by atoms with Crippen LogP contribution >= 0.6 is 0 Å². The normalized spacial score (nSPS) is 7.50. The van der Waals surface area contributed by atoms with Gasteiger partial charge in [0.05, 0.1) is 6.67 Å². The first-order valence-corrected chi connectivity index (χ1v) is 1.08. The van der Waals surface area contributed by atoms with Gasteiger partial charge in [0.15, 0.2) is 0 Å². The molecule has 0 saturated heterocycles. The molecular weight excluding hydrogens is 55.0 g/mol. The van der Waals surface area contributed by atoms with Crippen LogP contribution in [0.4, 0.5) is 4.39 Å². The molecule has 0 N–H and O–H groups in total. The highest BCUT2D eigenvalue weighted by molar-refractivity contribution is 4.61. The van der Waals surface area contributed by atoms with Crippen molar-refractivity contribution in [2.45, 2.75) is 0 Å². The van der Waals surface area contributed by atoms with Crippen LogP contribution in [0, 0.1) is 13.3 Å². The Morgan fingerprint density at radius 2 is 2.25 bits per heavy atom. The summed E-state index contributed by atoms with van der Waals surface area (Å²) >= 11 is 0. The van der Waals surface area contributed by atoms with Crippen LogP contribution in [0.1, 0.15) is 0 Å². The largest absolute Gasteiger partial charge is 0.251 e. The van der Waals surface area contributed by atoms with Crippen molar-refractivity contribution in [1.29, 1.82) is 0 Å². The molecular formula is C3H5F. The van der Waals surface area contributed by atoms with Crippen LogP contribution in [0.5, 0.6) is 0 Å². The van der Waals surface area contributed by atoms with Crippen molar-refractivity contribution in [2.75, 3.05) is 6.67 Å². The molecule has 0 saturated carbocycles. The molecule has 0 nitrogen and oxygen atoms in total. The Morgan fingerprint density at radius 1 is 2.00 bits per heavy atom. The van der Waals surface area contributed by atoms with Gasteiger partial charge in [-0.05, 0) is 13.3 Å². The summed E-state index contributed by atoms with van der Waals surface area (Å²) in [5, 5.41) is 0. The zero-order chi connectivity index (χ0) is 3.41. The van der Waals surface area contributed by atoms with E-state index in [4.69, 9.17) is 0 Å². The average molecular weight is 60.1 g/mol. The molecule has 0 rings (SSSR count). The third-order valence-electron chi connectivity index (χ3n) is 0.109. The molecule has 0 bridgehead atoms. The van der Waals surface area contributed by atoms with E-state index in [1.807, 2.05) is 0 Å². The van der Waals surface area contributed by atoms with Gasteiger partial charge in [-0.15, -0.1) is 0 Å². The molecule has 0 aliphatic carbocycles. The number of alkyl halides is 1. The summed E-state index contributed by atoms with van der Waals surface area (Å²) in [7, 11) is 0. The minimum Gasteiger partial charge on any atom is -0.251 e. The second kappa shape index (κ2) is 2.93. The Hall–Kier alpha value is -0.0700. The smallest absolute Gasteiger partial charge is 0.0926 e. The summed E-state index contributed by atoms with van der Waals surface area (Å²) in [6, 6.07) is 0. The Morgan fingerprint density at radius 3 is 2.25 bits per heavy atom. The molecule has 0 atom stereocenters. The minimum atomic E-state index is -0.417. The molecule has 0 aromatic heterocycles. The number of hydrogen-bond donors (Lipinski definition) is 0. The molecule has 0 aromatic rings. The fourth-order valence-electron chi connectivity index (χ4n) is 0. The first-order valence-electron chi connectivity index (χ1n) is 1.08. The van der Waals surface area contributed by atoms with Crippen molar-refractivity contribution in [1.82, 2.24) is 0 Å². The van der Waals surface area contributed by atoms with Crippen LogP contribution < -0.4 is 0 Å². The molecule has 0 aromatic carbocycles. The second-order valence-corrected chi connectivity index (χ2v) is 0.443. The minimum absolute atomic E-state index is 0.417. The van der Waals surface area contributed by atoms with Gasteiger partial charge in [-0.1, -0.05) is 0 Å². The maximum Gasteiger partial charge on any atom is 0.0926 e. The molecule has 0 spiro atoms. The predicted molar refractivity (Wildman–Crippen MR) is 15.6 cm³/mol. The van der Waals surface area contributed by atoms with E-state index in [1.54, 1.807) is 0 Å². The summed E-state index contributed by atoms with van der Waals surface area (Å²) in [6.07, 6.45) is 1.21. The van der Waals surface area contributed by atoms with Gasteiger partial charge in [0.25, 0.3) is 0 Å². The quantitative estimate of drug-likeness (QED) is 0.423. The number of hydrogen-bond acceptors (Lipinski definition) is 0. The Labute approximate surface area is 25.6 Å². The highest BCUT2D eigenvalue weighted by Gasteiger charge is 1.61. The van der Waals surface area contributed by atoms with Crippen molar-refractivity contribution in [2.24, 2.45) is 0 Å². The molecule has 24 valence electrons. The first-order chi connectivity index (χ1) is 1.91. The van der Waals surface area contributed by atoms with Crippen LogP contribution in [0.2, 0.25) is 0 Å². The third kappa shape index (κ3) is 1.93. The maximum atomic E-state index is 10.6. The van der Waals surface area contributed by atoms with Crippen LogP contribution in [-0.2, 0) is 0 Å². The van der Waals surface area contributed by atoms with Gasteiger partial charge in [-0.25, -0.2) is 0 Å². The lowest BCUT2D eigenvalue weighted by Crippen LogP contribution is -1.61. The van der Waals surface area contributed by atoms with Gasteiger partial charge < -0.3 is 0 Å². The monoisotopic (exact) mass is 60.0 g/mol. The lowest BCUT2D eigenvalue weighted by atomic mass is 10.6. The molecule has 0 aliphatic rings. The van der Waals surface area contributed by atoms with Crippen molar-refractivity contribution in [3.63, 3.8) is 0 Å². The topological polar surface area (TPSA) is 0 Å².